The van der Waals surface area contributed by atoms with Crippen molar-refractivity contribution in [3.8, 4) is 44.5 Å². The molecule has 8 aromatic carbocycles. The van der Waals surface area contributed by atoms with Gasteiger partial charge in [-0.1, -0.05) is 146 Å². The first-order chi connectivity index (χ1) is 22.3. The van der Waals surface area contributed by atoms with E-state index in [1.165, 1.54) is 66.1 Å². The molecule has 0 saturated heterocycles. The van der Waals surface area contributed by atoms with Gasteiger partial charge in [0.2, 0.25) is 0 Å². The van der Waals surface area contributed by atoms with Crippen LogP contribution in [0.2, 0.25) is 0 Å². The summed E-state index contributed by atoms with van der Waals surface area (Å²) in [7, 11) is 0. The van der Waals surface area contributed by atoms with Crippen LogP contribution in [0.5, 0.6) is 0 Å². The molecule has 1 heterocycles. The molecule has 0 spiro atoms. The fourth-order valence-corrected chi connectivity index (χ4v) is 7.05. The molecule has 0 aliphatic heterocycles. The van der Waals surface area contributed by atoms with Crippen molar-refractivity contribution in [2.24, 2.45) is 0 Å². The van der Waals surface area contributed by atoms with E-state index in [4.69, 9.17) is 4.42 Å². The average molecular weight is 573 g/mol. The lowest BCUT2D eigenvalue weighted by molar-refractivity contribution is 0.669. The van der Waals surface area contributed by atoms with Gasteiger partial charge in [-0.2, -0.15) is 0 Å². The minimum atomic E-state index is 0.902. The third-order valence-electron chi connectivity index (χ3n) is 9.06. The van der Waals surface area contributed by atoms with Gasteiger partial charge in [0, 0.05) is 10.8 Å². The van der Waals surface area contributed by atoms with Crippen LogP contribution in [0.25, 0.3) is 88.0 Å². The second kappa shape index (κ2) is 10.4. The Balaban J connectivity index is 1.40. The molecule has 0 unspecified atom stereocenters. The van der Waals surface area contributed by atoms with Crippen LogP contribution in [0.15, 0.2) is 174 Å². The van der Waals surface area contributed by atoms with E-state index in [2.05, 4.69) is 164 Å². The van der Waals surface area contributed by atoms with Gasteiger partial charge in [0.05, 0.1) is 0 Å². The molecular formula is C44H28O. The summed E-state index contributed by atoms with van der Waals surface area (Å²) < 4.78 is 6.48. The Morgan fingerprint density at radius 3 is 1.44 bits per heavy atom. The molecule has 9 rings (SSSR count). The number of hydrogen-bond acceptors (Lipinski definition) is 1. The molecule has 1 aromatic heterocycles. The summed E-state index contributed by atoms with van der Waals surface area (Å²) in [5, 5.41) is 7.20. The van der Waals surface area contributed by atoms with Crippen LogP contribution in [0.3, 0.4) is 0 Å². The van der Waals surface area contributed by atoms with Crippen LogP contribution in [0, 0.1) is 0 Å². The molecule has 0 saturated carbocycles. The van der Waals surface area contributed by atoms with Gasteiger partial charge in [0.15, 0.2) is 0 Å². The topological polar surface area (TPSA) is 13.1 Å². The van der Waals surface area contributed by atoms with Crippen molar-refractivity contribution in [3.05, 3.63) is 170 Å². The van der Waals surface area contributed by atoms with Crippen LogP contribution in [0.1, 0.15) is 0 Å². The Kier molecular flexibility index (Phi) is 5.89. The third-order valence-corrected chi connectivity index (χ3v) is 9.06. The largest absolute Gasteiger partial charge is 0.456 e. The first kappa shape index (κ1) is 25.6. The molecule has 0 amide bonds. The van der Waals surface area contributed by atoms with E-state index >= 15 is 0 Å². The molecule has 9 aromatic rings. The Hall–Kier alpha value is -5.92. The van der Waals surface area contributed by atoms with E-state index in [0.717, 1.165) is 21.9 Å². The van der Waals surface area contributed by atoms with Gasteiger partial charge in [-0.25, -0.2) is 0 Å². The molecule has 0 fully saturated rings. The van der Waals surface area contributed by atoms with Gasteiger partial charge < -0.3 is 4.42 Å². The van der Waals surface area contributed by atoms with Gasteiger partial charge >= 0.3 is 0 Å². The molecule has 0 radical (unpaired) electrons. The summed E-state index contributed by atoms with van der Waals surface area (Å²) in [5.41, 5.74) is 11.5. The van der Waals surface area contributed by atoms with E-state index in [-0.39, 0.29) is 0 Å². The van der Waals surface area contributed by atoms with Crippen molar-refractivity contribution in [1.29, 1.82) is 0 Å². The highest BCUT2D eigenvalue weighted by molar-refractivity contribution is 6.23. The fourth-order valence-electron chi connectivity index (χ4n) is 7.05. The lowest BCUT2D eigenvalue weighted by atomic mass is 9.83. The lowest BCUT2D eigenvalue weighted by Crippen LogP contribution is -1.93. The lowest BCUT2D eigenvalue weighted by Gasteiger charge is -2.20. The summed E-state index contributed by atoms with van der Waals surface area (Å²) in [6, 6.07) is 61.0. The van der Waals surface area contributed by atoms with E-state index in [9.17, 15) is 0 Å². The predicted octanol–water partition coefficient (Wildman–Crippen LogP) is 12.6. The molecule has 0 N–H and O–H groups in total. The van der Waals surface area contributed by atoms with Gasteiger partial charge in [-0.05, 0) is 90.3 Å². The minimum Gasteiger partial charge on any atom is -0.456 e. The molecule has 0 bridgehead atoms. The maximum absolute atomic E-state index is 6.48. The summed E-state index contributed by atoms with van der Waals surface area (Å²) >= 11 is 0. The third kappa shape index (κ3) is 4.17. The molecular weight excluding hydrogens is 544 g/mol. The van der Waals surface area contributed by atoms with Gasteiger partial charge in [-0.15, -0.1) is 0 Å². The summed E-state index contributed by atoms with van der Waals surface area (Å²) in [6.07, 6.45) is 0. The maximum Gasteiger partial charge on any atom is 0.136 e. The van der Waals surface area contributed by atoms with Gasteiger partial charge in [0.1, 0.15) is 11.2 Å². The zero-order chi connectivity index (χ0) is 29.7. The summed E-state index contributed by atoms with van der Waals surface area (Å²) in [5.74, 6) is 0. The molecule has 0 atom stereocenters. The van der Waals surface area contributed by atoms with E-state index in [1.54, 1.807) is 0 Å². The van der Waals surface area contributed by atoms with Crippen LogP contribution >= 0.6 is 0 Å². The number of para-hydroxylation sites is 1. The predicted molar refractivity (Wildman–Crippen MR) is 190 cm³/mol. The zero-order valence-corrected chi connectivity index (χ0v) is 24.6. The van der Waals surface area contributed by atoms with Crippen LogP contribution in [-0.2, 0) is 0 Å². The fraction of sp³-hybridized carbons (Fsp3) is 0. The normalized spacial score (nSPS) is 11.6. The van der Waals surface area contributed by atoms with Crippen molar-refractivity contribution in [2.75, 3.05) is 0 Å². The molecule has 45 heavy (non-hydrogen) atoms. The van der Waals surface area contributed by atoms with Crippen molar-refractivity contribution in [2.45, 2.75) is 0 Å². The van der Waals surface area contributed by atoms with E-state index in [1.807, 2.05) is 6.07 Å². The SMILES string of the molecule is c1ccc(-c2cccc(-c3c4ccccc4c(-c4cc5oc6ccccc6c5cc4-c4ccccc4)c4ccccc34)c2)cc1. The first-order valence-electron chi connectivity index (χ1n) is 15.4. The molecule has 1 heteroatoms. The van der Waals surface area contributed by atoms with Crippen LogP contribution in [0.4, 0.5) is 0 Å². The number of rotatable bonds is 4. The number of hydrogen-bond donors (Lipinski definition) is 0. The van der Waals surface area contributed by atoms with Gasteiger partial charge in [0.25, 0.3) is 0 Å². The van der Waals surface area contributed by atoms with Gasteiger partial charge in [-0.3, -0.25) is 0 Å². The summed E-state index contributed by atoms with van der Waals surface area (Å²) in [6.45, 7) is 0. The van der Waals surface area contributed by atoms with Crippen LogP contribution in [-0.4, -0.2) is 0 Å². The highest BCUT2D eigenvalue weighted by atomic mass is 16.3. The molecule has 1 nitrogen and oxygen atoms in total. The van der Waals surface area contributed by atoms with Crippen molar-refractivity contribution in [1.82, 2.24) is 0 Å². The van der Waals surface area contributed by atoms with Crippen molar-refractivity contribution in [3.63, 3.8) is 0 Å². The second-order valence-electron chi connectivity index (χ2n) is 11.6. The molecule has 210 valence electrons. The van der Waals surface area contributed by atoms with E-state index < -0.39 is 0 Å². The monoisotopic (exact) mass is 572 g/mol. The van der Waals surface area contributed by atoms with Crippen molar-refractivity contribution < 1.29 is 4.42 Å². The Labute approximate surface area is 261 Å². The number of furan rings is 1. The Morgan fingerprint density at radius 1 is 0.267 bits per heavy atom. The highest BCUT2D eigenvalue weighted by Crippen LogP contribution is 2.48. The average Bonchev–Trinajstić information content (AvgIpc) is 3.48. The first-order valence-corrected chi connectivity index (χ1v) is 15.4. The molecule has 0 aliphatic rings. The Morgan fingerprint density at radius 2 is 0.778 bits per heavy atom. The maximum atomic E-state index is 6.48. The highest BCUT2D eigenvalue weighted by Gasteiger charge is 2.21. The standard InChI is InChI=1S/C44H28O/c1-3-14-29(15-4-1)31-18-13-19-32(26-31)43-34-21-7-9-23-36(34)44(37-24-10-8-22-35(37)43)40-28-42-39(33-20-11-12-25-41(33)45-42)27-38(40)30-16-5-2-6-17-30/h1-28H. The smallest absolute Gasteiger partial charge is 0.136 e. The molecule has 0 aliphatic carbocycles. The van der Waals surface area contributed by atoms with Crippen LogP contribution < -0.4 is 0 Å². The number of benzene rings is 8. The minimum absolute atomic E-state index is 0.902. The zero-order valence-electron chi connectivity index (χ0n) is 24.6. The number of fused-ring (bicyclic) bond motifs is 5. The summed E-state index contributed by atoms with van der Waals surface area (Å²) in [4.78, 5) is 0. The van der Waals surface area contributed by atoms with Crippen molar-refractivity contribution >= 4 is 43.5 Å². The van der Waals surface area contributed by atoms with E-state index in [0.29, 0.717) is 0 Å². The second-order valence-corrected chi connectivity index (χ2v) is 11.6. The Bertz CT molecular complexity index is 2460. The quantitative estimate of drug-likeness (QED) is 0.191.